The first kappa shape index (κ1) is 15.7. The largest absolute Gasteiger partial charge is 0.372 e. The maximum absolute atomic E-state index is 11.8. The van der Waals surface area contributed by atoms with Gasteiger partial charge in [0.2, 0.25) is 0 Å². The molecule has 0 spiro atoms. The molecule has 0 bridgehead atoms. The lowest BCUT2D eigenvalue weighted by molar-refractivity contribution is 0.0959. The van der Waals surface area contributed by atoms with Crippen LogP contribution in [-0.2, 0) is 0 Å². The molecule has 1 N–H and O–H groups in total. The minimum absolute atomic E-state index is 0.169. The number of hydrazone groups is 1. The van der Waals surface area contributed by atoms with E-state index in [2.05, 4.69) is 27.6 Å². The molecule has 1 aliphatic heterocycles. The molecule has 1 aromatic carbocycles. The molecule has 1 aliphatic rings. The van der Waals surface area contributed by atoms with Gasteiger partial charge in [0.1, 0.15) is 0 Å². The highest BCUT2D eigenvalue weighted by atomic mass is 32.1. The Hall–Kier alpha value is -2.14. The van der Waals surface area contributed by atoms with Crippen LogP contribution < -0.4 is 10.3 Å². The monoisotopic (exact) mass is 327 g/mol. The van der Waals surface area contributed by atoms with Crippen molar-refractivity contribution in [2.75, 3.05) is 18.0 Å². The normalized spacial score (nSPS) is 15.6. The number of benzene rings is 1. The molecule has 23 heavy (non-hydrogen) atoms. The van der Waals surface area contributed by atoms with Gasteiger partial charge in [-0.05, 0) is 42.0 Å². The van der Waals surface area contributed by atoms with Gasteiger partial charge < -0.3 is 4.90 Å². The molecular weight excluding hydrogens is 306 g/mol. The molecule has 4 nitrogen and oxygen atoms in total. The summed E-state index contributed by atoms with van der Waals surface area (Å²) in [4.78, 5) is 14.9. The van der Waals surface area contributed by atoms with Crippen molar-refractivity contribution in [3.8, 4) is 0 Å². The summed E-state index contributed by atoms with van der Waals surface area (Å²) in [6.45, 7) is 2.29. The first-order chi connectivity index (χ1) is 11.3. The first-order valence-corrected chi connectivity index (χ1v) is 8.93. The number of carbonyl (C=O) groups excluding carboxylic acids is 1. The summed E-state index contributed by atoms with van der Waals surface area (Å²) in [6, 6.07) is 12.0. The number of carbonyl (C=O) groups is 1. The Morgan fingerprint density at radius 1 is 1.09 bits per heavy atom. The Morgan fingerprint density at radius 3 is 2.48 bits per heavy atom. The van der Waals surface area contributed by atoms with E-state index in [4.69, 9.17) is 0 Å². The van der Waals surface area contributed by atoms with E-state index in [0.717, 1.165) is 18.7 Å². The Balaban J connectivity index is 1.56. The molecule has 0 unspecified atom stereocenters. The molecule has 120 valence electrons. The van der Waals surface area contributed by atoms with E-state index in [1.807, 2.05) is 23.6 Å². The van der Waals surface area contributed by atoms with Crippen molar-refractivity contribution in [2.24, 2.45) is 5.10 Å². The lowest BCUT2D eigenvalue weighted by Gasteiger charge is -2.22. The summed E-state index contributed by atoms with van der Waals surface area (Å²) < 4.78 is 0. The fourth-order valence-corrected chi connectivity index (χ4v) is 3.34. The third kappa shape index (κ3) is 4.42. The summed E-state index contributed by atoms with van der Waals surface area (Å²) in [7, 11) is 0. The number of nitrogens with zero attached hydrogens (tertiary/aromatic N) is 2. The highest BCUT2D eigenvalue weighted by molar-refractivity contribution is 7.12. The van der Waals surface area contributed by atoms with Gasteiger partial charge in [0.05, 0.1) is 11.1 Å². The van der Waals surface area contributed by atoms with Crippen LogP contribution in [0, 0.1) is 0 Å². The fraction of sp³-hybridized carbons (Fsp3) is 0.333. The number of hydrogen-bond acceptors (Lipinski definition) is 4. The van der Waals surface area contributed by atoms with Crippen molar-refractivity contribution in [2.45, 2.75) is 25.7 Å². The van der Waals surface area contributed by atoms with E-state index in [9.17, 15) is 4.79 Å². The van der Waals surface area contributed by atoms with Crippen LogP contribution in [0.15, 0.2) is 46.9 Å². The average Bonchev–Trinajstić information content (AvgIpc) is 2.98. The Bertz CT molecular complexity index is 641. The van der Waals surface area contributed by atoms with Crippen molar-refractivity contribution < 1.29 is 4.79 Å². The van der Waals surface area contributed by atoms with E-state index < -0.39 is 0 Å². The second kappa shape index (κ2) is 7.92. The molecule has 5 heteroatoms. The van der Waals surface area contributed by atoms with Crippen LogP contribution in [-0.4, -0.2) is 25.2 Å². The Kier molecular flexibility index (Phi) is 5.42. The predicted octanol–water partition coefficient (Wildman–Crippen LogP) is 3.89. The average molecular weight is 327 g/mol. The van der Waals surface area contributed by atoms with Crippen LogP contribution in [0.3, 0.4) is 0 Å². The van der Waals surface area contributed by atoms with Gasteiger partial charge >= 0.3 is 0 Å². The van der Waals surface area contributed by atoms with Crippen LogP contribution in [0.2, 0.25) is 0 Å². The molecule has 0 radical (unpaired) electrons. The van der Waals surface area contributed by atoms with E-state index in [1.54, 1.807) is 12.3 Å². The van der Waals surface area contributed by atoms with E-state index in [1.165, 1.54) is 42.7 Å². The molecule has 0 atom stereocenters. The Morgan fingerprint density at radius 2 is 1.83 bits per heavy atom. The van der Waals surface area contributed by atoms with Crippen molar-refractivity contribution in [3.63, 3.8) is 0 Å². The van der Waals surface area contributed by atoms with E-state index in [0.29, 0.717) is 4.88 Å². The number of rotatable bonds is 4. The number of thiophene rings is 1. The number of nitrogens with one attached hydrogen (secondary N) is 1. The maximum Gasteiger partial charge on any atom is 0.281 e. The van der Waals surface area contributed by atoms with Crippen molar-refractivity contribution >= 4 is 29.1 Å². The summed E-state index contributed by atoms with van der Waals surface area (Å²) in [5.74, 6) is -0.169. The van der Waals surface area contributed by atoms with Gasteiger partial charge in [0, 0.05) is 18.8 Å². The van der Waals surface area contributed by atoms with Crippen molar-refractivity contribution in [1.82, 2.24) is 5.43 Å². The summed E-state index contributed by atoms with van der Waals surface area (Å²) in [5.41, 5.74) is 4.80. The molecule has 1 saturated heterocycles. The van der Waals surface area contributed by atoms with Crippen LogP contribution in [0.25, 0.3) is 0 Å². The predicted molar refractivity (Wildman–Crippen MR) is 96.5 cm³/mol. The van der Waals surface area contributed by atoms with E-state index in [-0.39, 0.29) is 5.91 Å². The minimum Gasteiger partial charge on any atom is -0.372 e. The highest BCUT2D eigenvalue weighted by Gasteiger charge is 2.09. The van der Waals surface area contributed by atoms with Gasteiger partial charge in [-0.1, -0.05) is 31.0 Å². The highest BCUT2D eigenvalue weighted by Crippen LogP contribution is 2.19. The number of hydrogen-bond donors (Lipinski definition) is 1. The molecule has 0 aliphatic carbocycles. The van der Waals surface area contributed by atoms with Crippen LogP contribution in [0.5, 0.6) is 0 Å². The fourth-order valence-electron chi connectivity index (χ4n) is 2.73. The molecule has 3 rings (SSSR count). The molecule has 1 amide bonds. The molecule has 2 heterocycles. The van der Waals surface area contributed by atoms with E-state index >= 15 is 0 Å². The summed E-state index contributed by atoms with van der Waals surface area (Å²) in [6.07, 6.45) is 6.91. The lowest BCUT2D eigenvalue weighted by Crippen LogP contribution is -2.23. The van der Waals surface area contributed by atoms with Crippen LogP contribution in [0.4, 0.5) is 5.69 Å². The van der Waals surface area contributed by atoms with Gasteiger partial charge in [-0.25, -0.2) is 5.43 Å². The first-order valence-electron chi connectivity index (χ1n) is 8.05. The third-order valence-electron chi connectivity index (χ3n) is 3.99. The van der Waals surface area contributed by atoms with Crippen LogP contribution in [0.1, 0.15) is 40.9 Å². The summed E-state index contributed by atoms with van der Waals surface area (Å²) >= 11 is 1.41. The Labute approximate surface area is 140 Å². The second-order valence-corrected chi connectivity index (χ2v) is 6.62. The number of anilines is 1. The van der Waals surface area contributed by atoms with Gasteiger partial charge in [-0.2, -0.15) is 5.10 Å². The zero-order valence-corrected chi connectivity index (χ0v) is 13.9. The summed E-state index contributed by atoms with van der Waals surface area (Å²) in [5, 5.41) is 5.90. The van der Waals surface area contributed by atoms with Crippen molar-refractivity contribution in [1.29, 1.82) is 0 Å². The van der Waals surface area contributed by atoms with Crippen LogP contribution >= 0.6 is 11.3 Å². The smallest absolute Gasteiger partial charge is 0.281 e. The maximum atomic E-state index is 11.8. The quantitative estimate of drug-likeness (QED) is 0.684. The molecular formula is C18H21N3OS. The minimum atomic E-state index is -0.169. The van der Waals surface area contributed by atoms with Gasteiger partial charge in [-0.15, -0.1) is 11.3 Å². The van der Waals surface area contributed by atoms with Crippen molar-refractivity contribution in [3.05, 3.63) is 52.2 Å². The zero-order chi connectivity index (χ0) is 15.9. The SMILES string of the molecule is O=C(N/N=C\c1ccc(N2CCCCCC2)cc1)c1cccs1. The number of amides is 1. The third-order valence-corrected chi connectivity index (χ3v) is 4.86. The molecule has 0 saturated carbocycles. The zero-order valence-electron chi connectivity index (χ0n) is 13.1. The van der Waals surface area contributed by atoms with Gasteiger partial charge in [-0.3, -0.25) is 4.79 Å². The second-order valence-electron chi connectivity index (χ2n) is 5.67. The topological polar surface area (TPSA) is 44.7 Å². The standard InChI is InChI=1S/C18H21N3OS/c22-18(17-6-5-13-23-17)20-19-14-15-7-9-16(10-8-15)21-11-3-1-2-4-12-21/h5-10,13-14H,1-4,11-12H2,(H,20,22)/b19-14-. The van der Waals surface area contributed by atoms with Gasteiger partial charge in [0.15, 0.2) is 0 Å². The molecule has 1 fully saturated rings. The van der Waals surface area contributed by atoms with Gasteiger partial charge in [0.25, 0.3) is 5.91 Å². The lowest BCUT2D eigenvalue weighted by atomic mass is 10.2. The molecule has 1 aromatic heterocycles. The molecule has 2 aromatic rings.